The molecule has 4 heteroatoms. The van der Waals surface area contributed by atoms with Gasteiger partial charge in [-0.2, -0.15) is 5.26 Å². The van der Waals surface area contributed by atoms with Gasteiger partial charge in [0.15, 0.2) is 0 Å². The molecule has 1 aromatic carbocycles. The summed E-state index contributed by atoms with van der Waals surface area (Å²) in [5.41, 5.74) is 0.161. The largest absolute Gasteiger partial charge is 0.506 e. The number of hydrogen-bond acceptors (Lipinski definition) is 2. The van der Waals surface area contributed by atoms with Crippen molar-refractivity contribution in [3.05, 3.63) is 28.0 Å². The zero-order chi connectivity index (χ0) is 11.4. The molecular formula is C11H11ClFNO. The summed E-state index contributed by atoms with van der Waals surface area (Å²) in [7, 11) is 0. The van der Waals surface area contributed by atoms with Crippen LogP contribution >= 0.6 is 11.6 Å². The zero-order valence-corrected chi connectivity index (χ0v) is 9.10. The number of unbranched alkanes of at least 4 members (excludes halogenated alkanes) is 1. The highest BCUT2D eigenvalue weighted by atomic mass is 35.5. The molecule has 0 aromatic heterocycles. The molecule has 1 aromatic rings. The van der Waals surface area contributed by atoms with E-state index < -0.39 is 5.82 Å². The minimum absolute atomic E-state index is 0.0208. The van der Waals surface area contributed by atoms with Crippen LogP contribution < -0.4 is 0 Å². The fourth-order valence-electron chi connectivity index (χ4n) is 1.34. The summed E-state index contributed by atoms with van der Waals surface area (Å²) in [5.74, 6) is -0.908. The average molecular weight is 228 g/mol. The van der Waals surface area contributed by atoms with Crippen molar-refractivity contribution in [2.24, 2.45) is 0 Å². The van der Waals surface area contributed by atoms with E-state index in [2.05, 4.69) is 0 Å². The zero-order valence-electron chi connectivity index (χ0n) is 8.35. The molecule has 0 aliphatic heterocycles. The van der Waals surface area contributed by atoms with Crippen LogP contribution in [0.2, 0.25) is 5.02 Å². The lowest BCUT2D eigenvalue weighted by atomic mass is 10.0. The Hall–Kier alpha value is -1.27. The van der Waals surface area contributed by atoms with E-state index in [4.69, 9.17) is 16.9 Å². The first kappa shape index (κ1) is 11.8. The Bertz CT molecular complexity index is 412. The van der Waals surface area contributed by atoms with E-state index in [1.807, 2.05) is 6.92 Å². The quantitative estimate of drug-likeness (QED) is 0.860. The first-order chi connectivity index (χ1) is 7.11. The lowest BCUT2D eigenvalue weighted by Crippen LogP contribution is -1.95. The molecule has 0 bridgehead atoms. The number of halogens is 2. The van der Waals surface area contributed by atoms with E-state index in [0.29, 0.717) is 6.42 Å². The number of hydrogen-bond donors (Lipinski definition) is 1. The van der Waals surface area contributed by atoms with Gasteiger partial charge in [-0.25, -0.2) is 4.39 Å². The summed E-state index contributed by atoms with van der Waals surface area (Å²) in [5, 5.41) is 18.2. The van der Waals surface area contributed by atoms with Crippen molar-refractivity contribution in [1.29, 1.82) is 5.26 Å². The van der Waals surface area contributed by atoms with Crippen molar-refractivity contribution in [3.63, 3.8) is 0 Å². The van der Waals surface area contributed by atoms with Gasteiger partial charge in [-0.15, -0.1) is 0 Å². The van der Waals surface area contributed by atoms with E-state index >= 15 is 0 Å². The highest BCUT2D eigenvalue weighted by Gasteiger charge is 2.16. The molecule has 0 aliphatic carbocycles. The Morgan fingerprint density at radius 1 is 1.60 bits per heavy atom. The molecule has 0 amide bonds. The average Bonchev–Trinajstić information content (AvgIpc) is 2.23. The molecule has 0 spiro atoms. The van der Waals surface area contributed by atoms with Gasteiger partial charge in [-0.1, -0.05) is 24.9 Å². The number of rotatable bonds is 3. The van der Waals surface area contributed by atoms with Gasteiger partial charge < -0.3 is 5.11 Å². The van der Waals surface area contributed by atoms with Gasteiger partial charge in [0, 0.05) is 5.56 Å². The van der Waals surface area contributed by atoms with Crippen LogP contribution in [0.25, 0.3) is 0 Å². The number of nitriles is 1. The second-order valence-corrected chi connectivity index (χ2v) is 3.67. The van der Waals surface area contributed by atoms with E-state index in [9.17, 15) is 9.50 Å². The van der Waals surface area contributed by atoms with Crippen LogP contribution in [0.3, 0.4) is 0 Å². The molecule has 0 heterocycles. The van der Waals surface area contributed by atoms with Gasteiger partial charge in [-0.3, -0.25) is 0 Å². The van der Waals surface area contributed by atoms with Crippen molar-refractivity contribution in [3.8, 4) is 11.8 Å². The minimum atomic E-state index is -0.624. The van der Waals surface area contributed by atoms with E-state index in [1.165, 1.54) is 0 Å². The predicted molar refractivity (Wildman–Crippen MR) is 56.4 cm³/mol. The Labute approximate surface area is 92.9 Å². The molecule has 0 aliphatic rings. The summed E-state index contributed by atoms with van der Waals surface area (Å²) in [6.07, 6.45) is 2.02. The maximum Gasteiger partial charge on any atom is 0.148 e. The standard InChI is InChI=1S/C11H11ClFNO/c1-2-3-4-8-10(13)9(12)5-7(6-14)11(8)15/h5,15H,2-4H2,1H3. The van der Waals surface area contributed by atoms with Crippen LogP contribution in [-0.4, -0.2) is 5.11 Å². The van der Waals surface area contributed by atoms with Crippen molar-refractivity contribution in [2.45, 2.75) is 26.2 Å². The van der Waals surface area contributed by atoms with Gasteiger partial charge in [0.2, 0.25) is 0 Å². The summed E-state index contributed by atoms with van der Waals surface area (Å²) in [6.45, 7) is 1.96. The van der Waals surface area contributed by atoms with Crippen molar-refractivity contribution >= 4 is 11.6 Å². The molecule has 0 radical (unpaired) electrons. The Kier molecular flexibility index (Phi) is 3.93. The molecule has 15 heavy (non-hydrogen) atoms. The molecule has 2 nitrogen and oxygen atoms in total. The molecule has 0 atom stereocenters. The fourth-order valence-corrected chi connectivity index (χ4v) is 1.56. The molecule has 1 N–H and O–H groups in total. The van der Waals surface area contributed by atoms with Gasteiger partial charge in [0.25, 0.3) is 0 Å². The molecule has 0 fully saturated rings. The van der Waals surface area contributed by atoms with Crippen LogP contribution in [0.1, 0.15) is 30.9 Å². The van der Waals surface area contributed by atoms with Crippen LogP contribution in [0.5, 0.6) is 5.75 Å². The van der Waals surface area contributed by atoms with Crippen molar-refractivity contribution in [2.75, 3.05) is 0 Å². The maximum atomic E-state index is 13.5. The smallest absolute Gasteiger partial charge is 0.148 e. The minimum Gasteiger partial charge on any atom is -0.506 e. The van der Waals surface area contributed by atoms with E-state index in [-0.39, 0.29) is 21.9 Å². The second-order valence-electron chi connectivity index (χ2n) is 3.26. The lowest BCUT2D eigenvalue weighted by molar-refractivity contribution is 0.455. The van der Waals surface area contributed by atoms with Crippen LogP contribution in [0.4, 0.5) is 4.39 Å². The topological polar surface area (TPSA) is 44.0 Å². The third-order valence-corrected chi connectivity index (χ3v) is 2.46. The number of phenols is 1. The summed E-state index contributed by atoms with van der Waals surface area (Å²) in [4.78, 5) is 0. The highest BCUT2D eigenvalue weighted by molar-refractivity contribution is 6.31. The molecule has 0 saturated carbocycles. The fraction of sp³-hybridized carbons (Fsp3) is 0.364. The van der Waals surface area contributed by atoms with E-state index in [0.717, 1.165) is 18.9 Å². The van der Waals surface area contributed by atoms with Gasteiger partial charge in [0.05, 0.1) is 10.6 Å². The predicted octanol–water partition coefficient (Wildman–Crippen LogP) is 3.40. The molecule has 1 rings (SSSR count). The van der Waals surface area contributed by atoms with Gasteiger partial charge >= 0.3 is 0 Å². The maximum absolute atomic E-state index is 13.5. The molecule has 80 valence electrons. The number of phenolic OH excluding ortho intramolecular Hbond substituents is 1. The third kappa shape index (κ3) is 2.40. The van der Waals surface area contributed by atoms with Crippen LogP contribution in [0, 0.1) is 17.1 Å². The molecule has 0 unspecified atom stereocenters. The molecular weight excluding hydrogens is 217 g/mol. The van der Waals surface area contributed by atoms with Crippen molar-refractivity contribution in [1.82, 2.24) is 0 Å². The van der Waals surface area contributed by atoms with Crippen LogP contribution in [0.15, 0.2) is 6.07 Å². The number of aromatic hydroxyl groups is 1. The number of benzene rings is 1. The van der Waals surface area contributed by atoms with E-state index in [1.54, 1.807) is 6.07 Å². The lowest BCUT2D eigenvalue weighted by Gasteiger charge is -2.08. The van der Waals surface area contributed by atoms with Gasteiger partial charge in [0.1, 0.15) is 17.6 Å². The second kappa shape index (κ2) is 4.99. The van der Waals surface area contributed by atoms with Crippen molar-refractivity contribution < 1.29 is 9.50 Å². The summed E-state index contributed by atoms with van der Waals surface area (Å²) < 4.78 is 13.5. The Morgan fingerprint density at radius 3 is 2.80 bits per heavy atom. The first-order valence-corrected chi connectivity index (χ1v) is 5.09. The third-order valence-electron chi connectivity index (χ3n) is 2.19. The summed E-state index contributed by atoms with van der Waals surface area (Å²) >= 11 is 5.61. The molecule has 0 saturated heterocycles. The monoisotopic (exact) mass is 227 g/mol. The first-order valence-electron chi connectivity index (χ1n) is 4.71. The highest BCUT2D eigenvalue weighted by Crippen LogP contribution is 2.31. The van der Waals surface area contributed by atoms with Gasteiger partial charge in [-0.05, 0) is 18.9 Å². The van der Waals surface area contributed by atoms with Crippen LogP contribution in [-0.2, 0) is 6.42 Å². The number of nitrogens with zero attached hydrogens (tertiary/aromatic N) is 1. The summed E-state index contributed by atoms with van der Waals surface area (Å²) in [6, 6.07) is 2.92. The SMILES string of the molecule is CCCCc1c(O)c(C#N)cc(Cl)c1F. The Balaban J connectivity index is 3.23. The Morgan fingerprint density at radius 2 is 2.27 bits per heavy atom. The normalized spacial score (nSPS) is 10.0.